The number of hydrogen-bond donors (Lipinski definition) is 2. The van der Waals surface area contributed by atoms with Crippen LogP contribution < -0.4 is 20.1 Å². The Kier molecular flexibility index (Phi) is 10.2. The lowest BCUT2D eigenvalue weighted by Crippen LogP contribution is -2.30. The van der Waals surface area contributed by atoms with Crippen molar-refractivity contribution in [2.45, 2.75) is 26.9 Å². The summed E-state index contributed by atoms with van der Waals surface area (Å²) >= 11 is 0. The largest absolute Gasteiger partial charge is 0.493 e. The van der Waals surface area contributed by atoms with Crippen LogP contribution in [0.1, 0.15) is 25.2 Å². The summed E-state index contributed by atoms with van der Waals surface area (Å²) in [7, 11) is 1.63. The van der Waals surface area contributed by atoms with E-state index in [9.17, 15) is 0 Å². The van der Waals surface area contributed by atoms with Crippen molar-refractivity contribution in [2.75, 3.05) is 25.6 Å². The Bertz CT molecular complexity index is 960. The molecule has 3 aromatic rings. The molecule has 0 bridgehead atoms. The monoisotopic (exact) mass is 535 g/mol. The number of hydrogen-bond acceptors (Lipinski definition) is 4. The Hall–Kier alpha value is -2.75. The predicted molar refractivity (Wildman–Crippen MR) is 136 cm³/mol. The van der Waals surface area contributed by atoms with E-state index in [4.69, 9.17) is 14.5 Å². The van der Waals surface area contributed by atoms with E-state index >= 15 is 0 Å². The maximum atomic E-state index is 5.66. The number of aromatic nitrogens is 2. The van der Waals surface area contributed by atoms with Gasteiger partial charge in [0.05, 0.1) is 13.7 Å². The van der Waals surface area contributed by atoms with Gasteiger partial charge >= 0.3 is 0 Å². The van der Waals surface area contributed by atoms with Crippen molar-refractivity contribution in [2.24, 2.45) is 4.99 Å². The summed E-state index contributed by atoms with van der Waals surface area (Å²) in [5.41, 5.74) is 2.10. The van der Waals surface area contributed by atoms with Gasteiger partial charge in [0.2, 0.25) is 0 Å². The highest BCUT2D eigenvalue weighted by Crippen LogP contribution is 2.30. The van der Waals surface area contributed by atoms with Crippen LogP contribution in [0.2, 0.25) is 0 Å². The van der Waals surface area contributed by atoms with Crippen molar-refractivity contribution in [3.63, 3.8) is 0 Å². The van der Waals surface area contributed by atoms with Crippen LogP contribution in [0.3, 0.4) is 0 Å². The Morgan fingerprint density at radius 1 is 1.10 bits per heavy atom. The van der Waals surface area contributed by atoms with Gasteiger partial charge in [0.1, 0.15) is 12.4 Å². The number of benzene rings is 2. The molecule has 0 aliphatic heterocycles. The van der Waals surface area contributed by atoms with Crippen LogP contribution in [0.25, 0.3) is 0 Å². The standard InChI is InChI=1S/C23H29N5O2.HI/c1-4-24-23(27-19-11-12-20(29-3)21(15-19)30-5-2)26-16-22-25-13-14-28(22)17-18-9-7-6-8-10-18;/h6-15H,4-5,16-17H2,1-3H3,(H2,24,26,27);1H. The molecule has 7 nitrogen and oxygen atoms in total. The maximum absolute atomic E-state index is 5.66. The van der Waals surface area contributed by atoms with Gasteiger partial charge in [-0.15, -0.1) is 24.0 Å². The van der Waals surface area contributed by atoms with Gasteiger partial charge in [-0.3, -0.25) is 0 Å². The molecule has 0 saturated heterocycles. The van der Waals surface area contributed by atoms with Crippen molar-refractivity contribution in [1.82, 2.24) is 14.9 Å². The zero-order valence-corrected chi connectivity index (χ0v) is 20.5. The van der Waals surface area contributed by atoms with Crippen LogP contribution in [0, 0.1) is 0 Å². The fraction of sp³-hybridized carbons (Fsp3) is 0.304. The van der Waals surface area contributed by atoms with E-state index < -0.39 is 0 Å². The molecule has 0 unspecified atom stereocenters. The van der Waals surface area contributed by atoms with Gasteiger partial charge in [-0.1, -0.05) is 30.3 Å². The van der Waals surface area contributed by atoms with Crippen LogP contribution in [-0.2, 0) is 13.1 Å². The van der Waals surface area contributed by atoms with Gasteiger partial charge < -0.3 is 24.7 Å². The summed E-state index contributed by atoms with van der Waals surface area (Å²) in [4.78, 5) is 9.19. The number of ether oxygens (including phenoxy) is 2. The van der Waals surface area contributed by atoms with E-state index in [0.29, 0.717) is 30.6 Å². The summed E-state index contributed by atoms with van der Waals surface area (Å²) in [5.74, 6) is 2.98. The first-order chi connectivity index (χ1) is 14.7. The van der Waals surface area contributed by atoms with Crippen LogP contribution in [0.4, 0.5) is 5.69 Å². The fourth-order valence-corrected chi connectivity index (χ4v) is 3.03. The van der Waals surface area contributed by atoms with Crippen molar-refractivity contribution in [3.05, 3.63) is 72.3 Å². The third kappa shape index (κ3) is 7.16. The molecule has 0 fully saturated rings. The van der Waals surface area contributed by atoms with Crippen molar-refractivity contribution < 1.29 is 9.47 Å². The second-order valence-corrected chi connectivity index (χ2v) is 6.58. The Morgan fingerprint density at radius 3 is 2.61 bits per heavy atom. The average molecular weight is 535 g/mol. The quantitative estimate of drug-likeness (QED) is 0.239. The van der Waals surface area contributed by atoms with Crippen molar-refractivity contribution in [1.29, 1.82) is 0 Å². The second-order valence-electron chi connectivity index (χ2n) is 6.58. The number of halogens is 1. The maximum Gasteiger partial charge on any atom is 0.196 e. The molecule has 1 heterocycles. The average Bonchev–Trinajstić information content (AvgIpc) is 3.20. The normalized spacial score (nSPS) is 10.9. The molecule has 0 atom stereocenters. The molecule has 0 radical (unpaired) electrons. The first-order valence-electron chi connectivity index (χ1n) is 10.1. The summed E-state index contributed by atoms with van der Waals surface area (Å²) in [6, 6.07) is 16.1. The molecule has 31 heavy (non-hydrogen) atoms. The van der Waals surface area contributed by atoms with Gasteiger partial charge in [-0.05, 0) is 31.5 Å². The summed E-state index contributed by atoms with van der Waals surface area (Å²) in [5, 5.41) is 6.60. The fourth-order valence-electron chi connectivity index (χ4n) is 3.03. The molecule has 0 spiro atoms. The lowest BCUT2D eigenvalue weighted by atomic mass is 10.2. The van der Waals surface area contributed by atoms with E-state index in [0.717, 1.165) is 24.6 Å². The molecule has 0 aliphatic carbocycles. The van der Waals surface area contributed by atoms with E-state index in [-0.39, 0.29) is 24.0 Å². The number of imidazole rings is 1. The molecule has 2 aromatic carbocycles. The van der Waals surface area contributed by atoms with Crippen molar-refractivity contribution >= 4 is 35.6 Å². The minimum Gasteiger partial charge on any atom is -0.493 e. The molecule has 166 valence electrons. The lowest BCUT2D eigenvalue weighted by Gasteiger charge is -2.14. The van der Waals surface area contributed by atoms with E-state index in [1.54, 1.807) is 7.11 Å². The molecular formula is C23H30IN5O2. The first kappa shape index (κ1) is 24.5. The summed E-state index contributed by atoms with van der Waals surface area (Å²) in [6.07, 6.45) is 3.79. The topological polar surface area (TPSA) is 72.7 Å². The second kappa shape index (κ2) is 12.8. The molecule has 2 N–H and O–H groups in total. The highest BCUT2D eigenvalue weighted by molar-refractivity contribution is 14.0. The molecule has 0 amide bonds. The van der Waals surface area contributed by atoms with Gasteiger partial charge in [0, 0.05) is 37.2 Å². The summed E-state index contributed by atoms with van der Waals surface area (Å²) < 4.78 is 13.1. The molecular weight excluding hydrogens is 505 g/mol. The molecule has 3 rings (SSSR count). The zero-order valence-electron chi connectivity index (χ0n) is 18.2. The lowest BCUT2D eigenvalue weighted by molar-refractivity contribution is 0.311. The first-order valence-corrected chi connectivity index (χ1v) is 10.1. The third-order valence-electron chi connectivity index (χ3n) is 4.45. The van der Waals surface area contributed by atoms with Gasteiger partial charge in [0.25, 0.3) is 0 Å². The minimum atomic E-state index is 0. The zero-order chi connectivity index (χ0) is 21.2. The van der Waals surface area contributed by atoms with E-state index in [1.807, 2.05) is 62.6 Å². The summed E-state index contributed by atoms with van der Waals surface area (Å²) in [6.45, 7) is 6.53. The van der Waals surface area contributed by atoms with Crippen LogP contribution in [0.5, 0.6) is 11.5 Å². The molecule has 1 aromatic heterocycles. The Balaban J connectivity index is 0.00000341. The smallest absolute Gasteiger partial charge is 0.196 e. The number of anilines is 1. The number of guanidine groups is 1. The third-order valence-corrected chi connectivity index (χ3v) is 4.45. The number of methoxy groups -OCH3 is 1. The van der Waals surface area contributed by atoms with Crippen LogP contribution in [-0.4, -0.2) is 35.8 Å². The highest BCUT2D eigenvalue weighted by Gasteiger charge is 2.08. The molecule has 0 aliphatic rings. The van der Waals surface area contributed by atoms with Gasteiger partial charge in [0.15, 0.2) is 17.5 Å². The van der Waals surface area contributed by atoms with E-state index in [1.165, 1.54) is 5.56 Å². The van der Waals surface area contributed by atoms with Gasteiger partial charge in [-0.25, -0.2) is 9.98 Å². The Morgan fingerprint density at radius 2 is 1.90 bits per heavy atom. The van der Waals surface area contributed by atoms with Crippen molar-refractivity contribution in [3.8, 4) is 11.5 Å². The highest BCUT2D eigenvalue weighted by atomic mass is 127. The minimum absolute atomic E-state index is 0. The van der Waals surface area contributed by atoms with E-state index in [2.05, 4.69) is 32.3 Å². The predicted octanol–water partition coefficient (Wildman–Crippen LogP) is 4.53. The number of nitrogens with one attached hydrogen (secondary N) is 2. The number of aliphatic imine (C=N–C) groups is 1. The van der Waals surface area contributed by atoms with Gasteiger partial charge in [-0.2, -0.15) is 0 Å². The SMILES string of the molecule is CCNC(=NCc1nccn1Cc1ccccc1)Nc1ccc(OC)c(OCC)c1.I. The molecule has 8 heteroatoms. The van der Waals surface area contributed by atoms with Crippen LogP contribution in [0.15, 0.2) is 65.9 Å². The number of nitrogens with zero attached hydrogens (tertiary/aromatic N) is 3. The van der Waals surface area contributed by atoms with Crippen LogP contribution >= 0.6 is 24.0 Å². The Labute approximate surface area is 200 Å². The number of rotatable bonds is 9. The molecule has 0 saturated carbocycles.